The van der Waals surface area contributed by atoms with Crippen molar-refractivity contribution in [3.8, 4) is 0 Å². The van der Waals surface area contributed by atoms with Crippen molar-refractivity contribution in [3.63, 3.8) is 0 Å². The standard InChI is InChI=1S/C11H17F2NO2/c12-11(13)5-3-10(4-6-11)2-1-7-14(8-10)9(15)16/h1-8H2,(H,15,16). The van der Waals surface area contributed by atoms with Gasteiger partial charge in [0.1, 0.15) is 0 Å². The lowest BCUT2D eigenvalue weighted by atomic mass is 9.68. The molecule has 5 heteroatoms. The van der Waals surface area contributed by atoms with Gasteiger partial charge >= 0.3 is 6.09 Å². The van der Waals surface area contributed by atoms with Crippen molar-refractivity contribution in [2.45, 2.75) is 44.4 Å². The maximum Gasteiger partial charge on any atom is 0.407 e. The van der Waals surface area contributed by atoms with Crippen LogP contribution in [0.4, 0.5) is 13.6 Å². The van der Waals surface area contributed by atoms with Crippen LogP contribution in [-0.2, 0) is 0 Å². The van der Waals surface area contributed by atoms with Crippen LogP contribution in [0.15, 0.2) is 0 Å². The van der Waals surface area contributed by atoms with Gasteiger partial charge in [0.2, 0.25) is 5.92 Å². The molecule has 3 nitrogen and oxygen atoms in total. The van der Waals surface area contributed by atoms with Crippen molar-refractivity contribution >= 4 is 6.09 Å². The van der Waals surface area contributed by atoms with E-state index in [0.717, 1.165) is 12.8 Å². The highest BCUT2D eigenvalue weighted by molar-refractivity contribution is 5.65. The second-order valence-corrected chi connectivity index (χ2v) is 5.16. The molecule has 1 N–H and O–H groups in total. The van der Waals surface area contributed by atoms with Crippen LogP contribution in [0.2, 0.25) is 0 Å². The number of carboxylic acid groups (broad SMARTS) is 1. The van der Waals surface area contributed by atoms with Gasteiger partial charge in [0, 0.05) is 25.9 Å². The maximum atomic E-state index is 13.1. The summed E-state index contributed by atoms with van der Waals surface area (Å²) in [5, 5.41) is 8.93. The minimum absolute atomic E-state index is 0.0829. The molecular weight excluding hydrogens is 216 g/mol. The topological polar surface area (TPSA) is 40.5 Å². The first-order valence-corrected chi connectivity index (χ1v) is 5.78. The molecule has 2 aliphatic rings. The number of amides is 1. The SMILES string of the molecule is O=C(O)N1CCCC2(CCC(F)(F)CC2)C1. The van der Waals surface area contributed by atoms with E-state index >= 15 is 0 Å². The van der Waals surface area contributed by atoms with Gasteiger partial charge in [-0.1, -0.05) is 0 Å². The zero-order valence-electron chi connectivity index (χ0n) is 9.22. The minimum Gasteiger partial charge on any atom is -0.465 e. The molecule has 0 aromatic carbocycles. The molecule has 1 heterocycles. The molecule has 1 amide bonds. The monoisotopic (exact) mass is 233 g/mol. The Balaban J connectivity index is 2.01. The molecule has 92 valence electrons. The predicted molar refractivity (Wildman–Crippen MR) is 54.7 cm³/mol. The summed E-state index contributed by atoms with van der Waals surface area (Å²) in [5.74, 6) is -2.53. The summed E-state index contributed by atoms with van der Waals surface area (Å²) in [6.07, 6.45) is 1.54. The average molecular weight is 233 g/mol. The molecular formula is C11H17F2NO2. The van der Waals surface area contributed by atoms with E-state index in [9.17, 15) is 13.6 Å². The molecule has 0 radical (unpaired) electrons. The number of alkyl halides is 2. The number of nitrogens with zero attached hydrogens (tertiary/aromatic N) is 1. The predicted octanol–water partition coefficient (Wildman–Crippen LogP) is 2.96. The Morgan fingerprint density at radius 3 is 2.31 bits per heavy atom. The summed E-state index contributed by atoms with van der Waals surface area (Å²) in [6.45, 7) is 0.992. The highest BCUT2D eigenvalue weighted by atomic mass is 19.3. The third kappa shape index (κ3) is 2.28. The molecule has 0 atom stereocenters. The third-order valence-electron chi connectivity index (χ3n) is 3.97. The van der Waals surface area contributed by atoms with E-state index in [0.29, 0.717) is 25.9 Å². The molecule has 1 aliphatic heterocycles. The summed E-state index contributed by atoms with van der Waals surface area (Å²) in [5.41, 5.74) is -0.168. The van der Waals surface area contributed by atoms with Gasteiger partial charge in [0.15, 0.2) is 0 Å². The van der Waals surface area contributed by atoms with Gasteiger partial charge in [0.25, 0.3) is 0 Å². The first-order valence-electron chi connectivity index (χ1n) is 5.78. The van der Waals surface area contributed by atoms with Crippen molar-refractivity contribution < 1.29 is 18.7 Å². The van der Waals surface area contributed by atoms with Crippen LogP contribution in [0.5, 0.6) is 0 Å². The summed E-state index contributed by atoms with van der Waals surface area (Å²) in [7, 11) is 0. The van der Waals surface area contributed by atoms with Crippen LogP contribution < -0.4 is 0 Å². The lowest BCUT2D eigenvalue weighted by Crippen LogP contribution is -2.48. The Labute approximate surface area is 93.4 Å². The number of hydrogen-bond donors (Lipinski definition) is 1. The molecule has 2 rings (SSSR count). The number of hydrogen-bond acceptors (Lipinski definition) is 1. The number of halogens is 2. The maximum absolute atomic E-state index is 13.1. The normalized spacial score (nSPS) is 28.0. The molecule has 0 aromatic rings. The van der Waals surface area contributed by atoms with Crippen LogP contribution in [0.1, 0.15) is 38.5 Å². The molecule has 0 unspecified atom stereocenters. The minimum atomic E-state index is -2.53. The van der Waals surface area contributed by atoms with Crippen LogP contribution in [0, 0.1) is 5.41 Å². The first-order chi connectivity index (χ1) is 7.43. The van der Waals surface area contributed by atoms with E-state index in [1.807, 2.05) is 0 Å². The Hall–Kier alpha value is -0.870. The van der Waals surface area contributed by atoms with E-state index in [-0.39, 0.29) is 18.3 Å². The largest absolute Gasteiger partial charge is 0.465 e. The van der Waals surface area contributed by atoms with Crippen LogP contribution in [0.25, 0.3) is 0 Å². The Morgan fingerprint density at radius 2 is 1.75 bits per heavy atom. The lowest BCUT2D eigenvalue weighted by molar-refractivity contribution is -0.0802. The van der Waals surface area contributed by atoms with Crippen molar-refractivity contribution in [2.75, 3.05) is 13.1 Å². The molecule has 2 fully saturated rings. The van der Waals surface area contributed by atoms with Crippen molar-refractivity contribution in [3.05, 3.63) is 0 Å². The number of rotatable bonds is 0. The molecule has 1 aliphatic carbocycles. The summed E-state index contributed by atoms with van der Waals surface area (Å²) in [6, 6.07) is 0. The Bertz CT molecular complexity index is 284. The summed E-state index contributed by atoms with van der Waals surface area (Å²) in [4.78, 5) is 12.3. The van der Waals surface area contributed by atoms with Gasteiger partial charge in [0.05, 0.1) is 0 Å². The van der Waals surface area contributed by atoms with E-state index in [1.165, 1.54) is 4.90 Å². The van der Waals surface area contributed by atoms with E-state index in [4.69, 9.17) is 5.11 Å². The Kier molecular flexibility index (Phi) is 2.80. The molecule has 16 heavy (non-hydrogen) atoms. The highest BCUT2D eigenvalue weighted by Gasteiger charge is 2.45. The number of carbonyl (C=O) groups is 1. The summed E-state index contributed by atoms with van der Waals surface area (Å²) < 4.78 is 26.1. The number of likely N-dealkylation sites (tertiary alicyclic amines) is 1. The zero-order chi connectivity index (χ0) is 11.8. The lowest BCUT2D eigenvalue weighted by Gasteiger charge is -2.45. The first kappa shape index (κ1) is 11.6. The zero-order valence-corrected chi connectivity index (χ0v) is 9.22. The quantitative estimate of drug-likeness (QED) is 0.698. The van der Waals surface area contributed by atoms with Gasteiger partial charge in [-0.3, -0.25) is 0 Å². The van der Waals surface area contributed by atoms with Crippen LogP contribution in [0.3, 0.4) is 0 Å². The van der Waals surface area contributed by atoms with E-state index in [2.05, 4.69) is 0 Å². The molecule has 0 bridgehead atoms. The smallest absolute Gasteiger partial charge is 0.407 e. The fourth-order valence-corrected chi connectivity index (χ4v) is 2.93. The second-order valence-electron chi connectivity index (χ2n) is 5.16. The number of piperidine rings is 1. The van der Waals surface area contributed by atoms with Crippen molar-refractivity contribution in [2.24, 2.45) is 5.41 Å². The van der Waals surface area contributed by atoms with E-state index < -0.39 is 12.0 Å². The third-order valence-corrected chi connectivity index (χ3v) is 3.97. The van der Waals surface area contributed by atoms with Gasteiger partial charge in [-0.2, -0.15) is 0 Å². The fourth-order valence-electron chi connectivity index (χ4n) is 2.93. The molecule has 0 aromatic heterocycles. The summed E-state index contributed by atoms with van der Waals surface area (Å²) >= 11 is 0. The molecule has 1 spiro atoms. The van der Waals surface area contributed by atoms with Crippen LogP contribution >= 0.6 is 0 Å². The van der Waals surface area contributed by atoms with Crippen molar-refractivity contribution in [1.29, 1.82) is 0 Å². The average Bonchev–Trinajstić information content (AvgIpc) is 2.24. The van der Waals surface area contributed by atoms with Gasteiger partial charge < -0.3 is 10.0 Å². The van der Waals surface area contributed by atoms with Crippen LogP contribution in [-0.4, -0.2) is 35.1 Å². The van der Waals surface area contributed by atoms with E-state index in [1.54, 1.807) is 0 Å². The van der Waals surface area contributed by atoms with Gasteiger partial charge in [-0.25, -0.2) is 13.6 Å². The molecule has 1 saturated heterocycles. The van der Waals surface area contributed by atoms with Gasteiger partial charge in [-0.05, 0) is 31.1 Å². The van der Waals surface area contributed by atoms with Crippen molar-refractivity contribution in [1.82, 2.24) is 4.90 Å². The highest BCUT2D eigenvalue weighted by Crippen LogP contribution is 2.48. The van der Waals surface area contributed by atoms with Gasteiger partial charge in [-0.15, -0.1) is 0 Å². The second kappa shape index (κ2) is 3.86. The molecule has 1 saturated carbocycles. The Morgan fingerprint density at radius 1 is 1.12 bits per heavy atom. The fraction of sp³-hybridized carbons (Fsp3) is 0.909.